The summed E-state index contributed by atoms with van der Waals surface area (Å²) in [6.07, 6.45) is 0.599. The largest absolute Gasteiger partial charge is 0.469 e. The van der Waals surface area contributed by atoms with Gasteiger partial charge in [-0.05, 0) is 6.42 Å². The van der Waals surface area contributed by atoms with Gasteiger partial charge in [-0.25, -0.2) is 0 Å². The van der Waals surface area contributed by atoms with E-state index in [4.69, 9.17) is 0 Å². The highest BCUT2D eigenvalue weighted by molar-refractivity contribution is 5.95. The summed E-state index contributed by atoms with van der Waals surface area (Å²) in [4.78, 5) is 21.7. The predicted molar refractivity (Wildman–Crippen MR) is 47.2 cm³/mol. The van der Waals surface area contributed by atoms with Crippen LogP contribution in [0.3, 0.4) is 0 Å². The highest BCUT2D eigenvalue weighted by Gasteiger charge is 2.13. The van der Waals surface area contributed by atoms with E-state index < -0.39 is 12.1 Å². The van der Waals surface area contributed by atoms with Crippen molar-refractivity contribution in [1.82, 2.24) is 0 Å². The molecular formula is C9H16O4. The zero-order valence-electron chi connectivity index (χ0n) is 8.08. The van der Waals surface area contributed by atoms with E-state index in [-0.39, 0.29) is 18.6 Å². The Kier molecular flexibility index (Phi) is 6.14. The zero-order valence-corrected chi connectivity index (χ0v) is 8.08. The van der Waals surface area contributed by atoms with Crippen LogP contribution in [0.5, 0.6) is 0 Å². The molecule has 0 saturated carbocycles. The second-order valence-corrected chi connectivity index (χ2v) is 2.94. The van der Waals surface area contributed by atoms with Gasteiger partial charge in [0.05, 0.1) is 13.2 Å². The number of rotatable bonds is 6. The van der Waals surface area contributed by atoms with Gasteiger partial charge in [-0.3, -0.25) is 9.59 Å². The number of carbonyl (C=O) groups excluding carboxylic acids is 2. The van der Waals surface area contributed by atoms with Gasteiger partial charge in [0, 0.05) is 6.42 Å². The molecule has 1 unspecified atom stereocenters. The standard InChI is InChI=1S/C9H16O4/c1-3-4-7(10)5-8(11)6-9(12)13-2/h7,10H,3-6H2,1-2H3. The maximum Gasteiger partial charge on any atom is 0.313 e. The monoisotopic (exact) mass is 188 g/mol. The topological polar surface area (TPSA) is 63.6 Å². The van der Waals surface area contributed by atoms with Gasteiger partial charge >= 0.3 is 5.97 Å². The normalized spacial score (nSPS) is 12.2. The van der Waals surface area contributed by atoms with Crippen LogP contribution in [0, 0.1) is 0 Å². The molecule has 0 saturated heterocycles. The molecule has 0 aliphatic heterocycles. The first-order valence-electron chi connectivity index (χ1n) is 4.36. The SMILES string of the molecule is CCCC(O)CC(=O)CC(=O)OC. The third kappa shape index (κ3) is 6.28. The average Bonchev–Trinajstić information content (AvgIpc) is 2.04. The maximum absolute atomic E-state index is 11.0. The number of aliphatic hydroxyl groups is 1. The highest BCUT2D eigenvalue weighted by atomic mass is 16.5. The van der Waals surface area contributed by atoms with Crippen LogP contribution in [0.25, 0.3) is 0 Å². The fourth-order valence-electron chi connectivity index (χ4n) is 1.00. The second-order valence-electron chi connectivity index (χ2n) is 2.94. The van der Waals surface area contributed by atoms with Crippen LogP contribution in [0.2, 0.25) is 0 Å². The highest BCUT2D eigenvalue weighted by Crippen LogP contribution is 2.03. The summed E-state index contributed by atoms with van der Waals surface area (Å²) in [5.74, 6) is -0.818. The lowest BCUT2D eigenvalue weighted by molar-refractivity contribution is -0.143. The molecule has 0 aromatic heterocycles. The summed E-state index contributed by atoms with van der Waals surface area (Å²) in [6, 6.07) is 0. The van der Waals surface area contributed by atoms with Crippen LogP contribution in [-0.4, -0.2) is 30.1 Å². The van der Waals surface area contributed by atoms with Crippen LogP contribution in [0.15, 0.2) is 0 Å². The van der Waals surface area contributed by atoms with Crippen LogP contribution in [0.4, 0.5) is 0 Å². The Balaban J connectivity index is 3.67. The molecule has 0 amide bonds. The van der Waals surface area contributed by atoms with Gasteiger partial charge in [0.25, 0.3) is 0 Å². The first-order valence-corrected chi connectivity index (χ1v) is 4.36. The van der Waals surface area contributed by atoms with Crippen LogP contribution >= 0.6 is 0 Å². The van der Waals surface area contributed by atoms with E-state index in [1.54, 1.807) is 0 Å². The fourth-order valence-corrected chi connectivity index (χ4v) is 1.00. The number of carbonyl (C=O) groups is 2. The first-order chi connectivity index (χ1) is 6.10. The summed E-state index contributed by atoms with van der Waals surface area (Å²) in [7, 11) is 1.23. The molecular weight excluding hydrogens is 172 g/mol. The molecule has 0 aromatic carbocycles. The Morgan fingerprint density at radius 2 is 2.08 bits per heavy atom. The molecule has 76 valence electrons. The van der Waals surface area contributed by atoms with Gasteiger partial charge in [-0.1, -0.05) is 13.3 Å². The molecule has 0 aliphatic carbocycles. The molecule has 0 fully saturated rings. The Labute approximate surface area is 77.9 Å². The van der Waals surface area contributed by atoms with Crippen molar-refractivity contribution < 1.29 is 19.4 Å². The molecule has 4 heteroatoms. The Morgan fingerprint density at radius 1 is 1.46 bits per heavy atom. The van der Waals surface area contributed by atoms with Crippen molar-refractivity contribution in [3.63, 3.8) is 0 Å². The molecule has 0 aromatic rings. The molecule has 0 aliphatic rings. The predicted octanol–water partition coefficient (Wildman–Crippen LogP) is 0.670. The fraction of sp³-hybridized carbons (Fsp3) is 0.778. The van der Waals surface area contributed by atoms with E-state index in [1.165, 1.54) is 7.11 Å². The number of esters is 1. The lowest BCUT2D eigenvalue weighted by Crippen LogP contribution is -2.16. The van der Waals surface area contributed by atoms with Gasteiger partial charge in [0.15, 0.2) is 0 Å². The summed E-state index contributed by atoms with van der Waals surface area (Å²) in [5, 5.41) is 9.23. The molecule has 13 heavy (non-hydrogen) atoms. The maximum atomic E-state index is 11.0. The number of ketones is 1. The lowest BCUT2D eigenvalue weighted by Gasteiger charge is -2.06. The van der Waals surface area contributed by atoms with Crippen LogP contribution < -0.4 is 0 Å². The third-order valence-electron chi connectivity index (χ3n) is 1.65. The van der Waals surface area contributed by atoms with Gasteiger partial charge < -0.3 is 9.84 Å². The molecule has 0 rings (SSSR count). The minimum Gasteiger partial charge on any atom is -0.469 e. The van der Waals surface area contributed by atoms with Crippen LogP contribution in [-0.2, 0) is 14.3 Å². The Bertz CT molecular complexity index is 176. The third-order valence-corrected chi connectivity index (χ3v) is 1.65. The van der Waals surface area contributed by atoms with Crippen molar-refractivity contribution in [3.05, 3.63) is 0 Å². The molecule has 4 nitrogen and oxygen atoms in total. The summed E-state index contributed by atoms with van der Waals surface area (Å²) >= 11 is 0. The van der Waals surface area contributed by atoms with Crippen molar-refractivity contribution in [1.29, 1.82) is 0 Å². The van der Waals surface area contributed by atoms with Crippen molar-refractivity contribution in [2.75, 3.05) is 7.11 Å². The van der Waals surface area contributed by atoms with Gasteiger partial charge in [0.2, 0.25) is 0 Å². The summed E-state index contributed by atoms with van der Waals surface area (Å²) in [6.45, 7) is 1.92. The first kappa shape index (κ1) is 12.1. The Morgan fingerprint density at radius 3 is 2.54 bits per heavy atom. The van der Waals surface area contributed by atoms with Crippen molar-refractivity contribution in [3.8, 4) is 0 Å². The molecule has 1 atom stereocenters. The van der Waals surface area contributed by atoms with Crippen LogP contribution in [0.1, 0.15) is 32.6 Å². The molecule has 0 bridgehead atoms. The average molecular weight is 188 g/mol. The molecule has 0 spiro atoms. The smallest absolute Gasteiger partial charge is 0.313 e. The van der Waals surface area contributed by atoms with E-state index in [0.717, 1.165) is 6.42 Å². The minimum atomic E-state index is -0.623. The number of methoxy groups -OCH3 is 1. The van der Waals surface area contributed by atoms with Crippen molar-refractivity contribution >= 4 is 11.8 Å². The van der Waals surface area contributed by atoms with Gasteiger partial charge in [-0.15, -0.1) is 0 Å². The minimum absolute atomic E-state index is 0.0446. The molecule has 0 heterocycles. The molecule has 0 radical (unpaired) electrons. The van der Waals surface area contributed by atoms with Gasteiger partial charge in [0.1, 0.15) is 12.2 Å². The number of aliphatic hydroxyl groups excluding tert-OH is 1. The quantitative estimate of drug-likeness (QED) is 0.491. The van der Waals surface area contributed by atoms with Crippen molar-refractivity contribution in [2.24, 2.45) is 0 Å². The second kappa shape index (κ2) is 6.60. The van der Waals surface area contributed by atoms with E-state index >= 15 is 0 Å². The molecule has 1 N–H and O–H groups in total. The van der Waals surface area contributed by atoms with E-state index in [9.17, 15) is 14.7 Å². The summed E-state index contributed by atoms with van der Waals surface area (Å²) < 4.78 is 4.32. The van der Waals surface area contributed by atoms with Gasteiger partial charge in [-0.2, -0.15) is 0 Å². The Hall–Kier alpha value is -0.900. The van der Waals surface area contributed by atoms with E-state index in [0.29, 0.717) is 6.42 Å². The number of Topliss-reactive ketones (excluding diaryl/α,β-unsaturated/α-hetero) is 1. The number of hydrogen-bond donors (Lipinski definition) is 1. The van der Waals surface area contributed by atoms with E-state index in [2.05, 4.69) is 4.74 Å². The van der Waals surface area contributed by atoms with Crippen molar-refractivity contribution in [2.45, 2.75) is 38.7 Å². The summed E-state index contributed by atoms with van der Waals surface area (Å²) in [5.41, 5.74) is 0. The number of ether oxygens (including phenoxy) is 1. The van der Waals surface area contributed by atoms with E-state index in [1.807, 2.05) is 6.92 Å². The lowest BCUT2D eigenvalue weighted by atomic mass is 10.1. The number of hydrogen-bond acceptors (Lipinski definition) is 4. The zero-order chi connectivity index (χ0) is 10.3.